The Morgan fingerprint density at radius 1 is 1.15 bits per heavy atom. The van der Waals surface area contributed by atoms with Gasteiger partial charge in [-0.3, -0.25) is 0 Å². The Kier molecular flexibility index (Phi) is 5.20. The summed E-state index contributed by atoms with van der Waals surface area (Å²) < 4.78 is 51.6. The van der Waals surface area contributed by atoms with E-state index in [0.717, 1.165) is 22.0 Å². The fraction of sp³-hybridized carbons (Fsp3) is 0.533. The number of ether oxygens (including phenoxy) is 1. The van der Waals surface area contributed by atoms with Gasteiger partial charge in [-0.2, -0.15) is 13.2 Å². The van der Waals surface area contributed by atoms with Gasteiger partial charge in [0.05, 0.1) is 22.8 Å². The van der Waals surface area contributed by atoms with E-state index in [0.29, 0.717) is 31.3 Å². The first kappa shape index (κ1) is 25.4. The number of rotatable bonds is 2. The summed E-state index contributed by atoms with van der Waals surface area (Å²) in [4.78, 5) is 10.3. The van der Waals surface area contributed by atoms with E-state index in [4.69, 9.17) is 4.74 Å². The van der Waals surface area contributed by atoms with Crippen molar-refractivity contribution in [3.8, 4) is 0 Å². The van der Waals surface area contributed by atoms with Gasteiger partial charge >= 0.3 is 6.18 Å². The van der Waals surface area contributed by atoms with Crippen LogP contribution in [0.15, 0.2) is 59.6 Å². The van der Waals surface area contributed by atoms with Crippen LogP contribution in [0, 0.1) is 11.3 Å². The summed E-state index contributed by atoms with van der Waals surface area (Å²) >= 11 is 0. The molecule has 6 nitrogen and oxygen atoms in total. The van der Waals surface area contributed by atoms with Crippen LogP contribution in [0.25, 0.3) is 16.5 Å². The van der Waals surface area contributed by atoms with Gasteiger partial charge in [0.25, 0.3) is 0 Å². The highest BCUT2D eigenvalue weighted by molar-refractivity contribution is 5.84. The van der Waals surface area contributed by atoms with Gasteiger partial charge < -0.3 is 19.8 Å². The minimum Gasteiger partial charge on any atom is -0.388 e. The number of hydrogen-bond acceptors (Lipinski definition) is 6. The molecular formula is C30H32F3N3O3. The minimum atomic E-state index is -4.56. The molecule has 0 radical (unpaired) electrons. The Morgan fingerprint density at radius 3 is 2.69 bits per heavy atom. The fourth-order valence-corrected chi connectivity index (χ4v) is 8.52. The summed E-state index contributed by atoms with van der Waals surface area (Å²) in [6.07, 6.45) is 1.71. The third kappa shape index (κ3) is 3.30. The molecule has 3 aliphatic carbocycles. The smallest absolute Gasteiger partial charge is 0.388 e. The average Bonchev–Trinajstić information content (AvgIpc) is 3.40. The normalized spacial score (nSPS) is 39.4. The quantitative estimate of drug-likeness (QED) is 0.582. The monoisotopic (exact) mass is 539 g/mol. The molecule has 1 aromatic heterocycles. The predicted molar refractivity (Wildman–Crippen MR) is 139 cm³/mol. The first-order valence-corrected chi connectivity index (χ1v) is 13.6. The van der Waals surface area contributed by atoms with Crippen LogP contribution < -0.4 is 0 Å². The summed E-state index contributed by atoms with van der Waals surface area (Å²) in [5.74, 6) is -0.193. The van der Waals surface area contributed by atoms with Crippen molar-refractivity contribution < 1.29 is 28.1 Å². The van der Waals surface area contributed by atoms with E-state index in [-0.39, 0.29) is 24.0 Å². The van der Waals surface area contributed by atoms with E-state index in [2.05, 4.69) is 16.0 Å². The van der Waals surface area contributed by atoms with E-state index >= 15 is 0 Å². The van der Waals surface area contributed by atoms with Gasteiger partial charge in [-0.15, -0.1) is 0 Å². The van der Waals surface area contributed by atoms with E-state index < -0.39 is 40.6 Å². The average molecular weight is 540 g/mol. The minimum absolute atomic E-state index is 0.149. The molecule has 7 unspecified atom stereocenters. The standard InChI is InChI=1S/C30H32F3N3O3/c1-27-12-21(30(31,32)33)19-11-20-25(37)26(38)23(36(2)3)13-28(20)8-9-29(19,39-28)24(27)7-6-18(27)16-4-5-17-14-34-15-35-22(17)10-16/h4-6,10-11,14-15,23-26,37-38H,7-9,12-13H2,1-3H3. The summed E-state index contributed by atoms with van der Waals surface area (Å²) in [6, 6.07) is 5.44. The number of aliphatic hydroxyl groups is 2. The van der Waals surface area contributed by atoms with Gasteiger partial charge in [-0.05, 0) is 74.5 Å². The number of halogens is 3. The molecule has 1 saturated carbocycles. The zero-order valence-electron chi connectivity index (χ0n) is 22.2. The summed E-state index contributed by atoms with van der Waals surface area (Å²) in [6.45, 7) is 1.95. The molecule has 2 aromatic rings. The summed E-state index contributed by atoms with van der Waals surface area (Å²) in [7, 11) is 3.68. The second kappa shape index (κ2) is 8.00. The van der Waals surface area contributed by atoms with Crippen LogP contribution in [0.2, 0.25) is 0 Å². The van der Waals surface area contributed by atoms with Crippen molar-refractivity contribution in [1.82, 2.24) is 14.9 Å². The van der Waals surface area contributed by atoms with Gasteiger partial charge in [0.1, 0.15) is 12.4 Å². The Labute approximate surface area is 224 Å². The molecule has 9 heteroatoms. The van der Waals surface area contributed by atoms with Crippen LogP contribution in [0.3, 0.4) is 0 Å². The highest BCUT2D eigenvalue weighted by Crippen LogP contribution is 2.70. The number of aromatic nitrogens is 2. The van der Waals surface area contributed by atoms with Crippen molar-refractivity contribution in [2.45, 2.75) is 74.7 Å². The van der Waals surface area contributed by atoms with Crippen molar-refractivity contribution in [1.29, 1.82) is 0 Å². The van der Waals surface area contributed by atoms with Gasteiger partial charge in [-0.1, -0.05) is 31.2 Å². The molecule has 2 N–H and O–H groups in total. The number of aliphatic hydroxyl groups excluding tert-OH is 2. The Hall–Kier alpha value is -2.59. The van der Waals surface area contributed by atoms with Crippen LogP contribution in [0.4, 0.5) is 13.2 Å². The molecule has 2 bridgehead atoms. The van der Waals surface area contributed by atoms with E-state index in [1.54, 1.807) is 12.3 Å². The molecule has 0 amide bonds. The molecule has 39 heavy (non-hydrogen) atoms. The molecule has 7 atom stereocenters. The van der Waals surface area contributed by atoms with E-state index in [9.17, 15) is 23.4 Å². The maximum Gasteiger partial charge on any atom is 0.413 e. The lowest BCUT2D eigenvalue weighted by Crippen LogP contribution is -2.62. The third-order valence-electron chi connectivity index (χ3n) is 10.3. The highest BCUT2D eigenvalue weighted by Gasteiger charge is 2.69. The van der Waals surface area contributed by atoms with Crippen LogP contribution in [-0.2, 0) is 4.74 Å². The Balaban J connectivity index is 1.39. The highest BCUT2D eigenvalue weighted by atomic mass is 19.4. The summed E-state index contributed by atoms with van der Waals surface area (Å²) in [5.41, 5.74) is -0.340. The van der Waals surface area contributed by atoms with Crippen molar-refractivity contribution in [2.75, 3.05) is 14.1 Å². The zero-order chi connectivity index (χ0) is 27.5. The molecule has 2 spiro atoms. The molecule has 3 heterocycles. The number of alkyl halides is 3. The Morgan fingerprint density at radius 2 is 1.95 bits per heavy atom. The van der Waals surface area contributed by atoms with E-state index in [1.165, 1.54) is 6.33 Å². The molecule has 1 aromatic carbocycles. The second-order valence-electron chi connectivity index (χ2n) is 12.4. The van der Waals surface area contributed by atoms with Crippen LogP contribution in [0.5, 0.6) is 0 Å². The largest absolute Gasteiger partial charge is 0.413 e. The first-order valence-electron chi connectivity index (χ1n) is 13.6. The van der Waals surface area contributed by atoms with Crippen LogP contribution in [-0.4, -0.2) is 74.8 Å². The van der Waals surface area contributed by atoms with Crippen molar-refractivity contribution >= 4 is 16.5 Å². The lowest BCUT2D eigenvalue weighted by molar-refractivity contribution is -0.170. The molecule has 2 aliphatic heterocycles. The third-order valence-corrected chi connectivity index (χ3v) is 10.3. The first-order chi connectivity index (χ1) is 18.4. The van der Waals surface area contributed by atoms with E-state index in [1.807, 2.05) is 44.1 Å². The van der Waals surface area contributed by atoms with Crippen LogP contribution in [0.1, 0.15) is 44.6 Å². The van der Waals surface area contributed by atoms with Gasteiger partial charge in [0.15, 0.2) is 0 Å². The number of allylic oxidation sites excluding steroid dienone is 3. The number of likely N-dealkylation sites (N-methyl/N-ethyl adjacent to an activating group) is 1. The molecule has 5 aliphatic rings. The van der Waals surface area contributed by atoms with Crippen molar-refractivity contribution in [2.24, 2.45) is 11.3 Å². The number of nitrogens with zero attached hydrogens (tertiary/aromatic N) is 3. The molecule has 2 fully saturated rings. The summed E-state index contributed by atoms with van der Waals surface area (Å²) in [5, 5.41) is 22.9. The maximum absolute atomic E-state index is 14.9. The maximum atomic E-state index is 14.9. The topological polar surface area (TPSA) is 78.7 Å². The van der Waals surface area contributed by atoms with Crippen LogP contribution >= 0.6 is 0 Å². The van der Waals surface area contributed by atoms with Crippen molar-refractivity contribution in [3.05, 3.63) is 65.2 Å². The van der Waals surface area contributed by atoms with Gasteiger partial charge in [0.2, 0.25) is 0 Å². The molecule has 1 saturated heterocycles. The van der Waals surface area contributed by atoms with Gasteiger partial charge in [0, 0.05) is 34.5 Å². The number of fused-ring (bicyclic) bond motifs is 2. The molecule has 7 rings (SSSR count). The molecule has 206 valence electrons. The zero-order valence-corrected chi connectivity index (χ0v) is 22.2. The number of benzene rings is 1. The fourth-order valence-electron chi connectivity index (χ4n) is 8.52. The lowest BCUT2D eigenvalue weighted by Gasteiger charge is -2.57. The van der Waals surface area contributed by atoms with Gasteiger partial charge in [-0.25, -0.2) is 9.97 Å². The predicted octanol–water partition coefficient (Wildman–Crippen LogP) is 4.59. The number of hydrogen-bond donors (Lipinski definition) is 2. The Bertz CT molecular complexity index is 1480. The SMILES string of the molecule is CN(C)C1CC23CCC4(O2)C(=C(C(F)(F)F)CC2(C)C(c5ccc6cncnc6c5)=CCC24)C=C3C(O)C1O. The lowest BCUT2D eigenvalue weighted by atomic mass is 9.56. The van der Waals surface area contributed by atoms with Crippen molar-refractivity contribution in [3.63, 3.8) is 0 Å². The molecular weight excluding hydrogens is 507 g/mol. The second-order valence-corrected chi connectivity index (χ2v) is 12.4.